The molecule has 0 aromatic heterocycles. The number of hydrogen-bond donors (Lipinski definition) is 1. The molecule has 120 valence electrons. The lowest BCUT2D eigenvalue weighted by Crippen LogP contribution is -2.45. The van der Waals surface area contributed by atoms with Crippen LogP contribution >= 0.6 is 0 Å². The highest BCUT2D eigenvalue weighted by Crippen LogP contribution is 2.33. The number of carbonyl (C=O) groups is 2. The number of carbonyl (C=O) groups excluding carboxylic acids is 2. The van der Waals surface area contributed by atoms with Gasteiger partial charge in [0, 0.05) is 19.5 Å². The molecule has 1 N–H and O–H groups in total. The van der Waals surface area contributed by atoms with Gasteiger partial charge in [-0.25, -0.2) is 0 Å². The Hall–Kier alpha value is -2.04. The summed E-state index contributed by atoms with van der Waals surface area (Å²) in [5.41, 5.74) is 0.740. The van der Waals surface area contributed by atoms with Crippen molar-refractivity contribution in [2.45, 2.75) is 45.6 Å². The monoisotopic (exact) mass is 304 g/mol. The summed E-state index contributed by atoms with van der Waals surface area (Å²) in [4.78, 5) is 25.8. The molecule has 22 heavy (non-hydrogen) atoms. The zero-order chi connectivity index (χ0) is 15.9. The van der Waals surface area contributed by atoms with Gasteiger partial charge in [0.15, 0.2) is 6.10 Å². The summed E-state index contributed by atoms with van der Waals surface area (Å²) in [6.07, 6.45) is 3.04. The minimum Gasteiger partial charge on any atom is -0.479 e. The fraction of sp³-hybridized carbons (Fsp3) is 0.529. The third-order valence-corrected chi connectivity index (χ3v) is 3.74. The van der Waals surface area contributed by atoms with Crippen molar-refractivity contribution in [1.82, 2.24) is 5.32 Å². The van der Waals surface area contributed by atoms with Crippen molar-refractivity contribution < 1.29 is 14.3 Å². The molecule has 1 aliphatic heterocycles. The maximum Gasteiger partial charge on any atom is 0.267 e. The van der Waals surface area contributed by atoms with E-state index in [4.69, 9.17) is 4.74 Å². The van der Waals surface area contributed by atoms with Crippen molar-refractivity contribution in [3.8, 4) is 5.75 Å². The average Bonchev–Trinajstić information content (AvgIpc) is 2.52. The number of unbranched alkanes of at least 4 members (excludes halogenated alkanes) is 2. The molecular weight excluding hydrogens is 280 g/mol. The molecule has 5 nitrogen and oxygen atoms in total. The van der Waals surface area contributed by atoms with Gasteiger partial charge in [0.05, 0.1) is 5.69 Å². The number of anilines is 1. The molecule has 1 unspecified atom stereocenters. The number of fused-ring (bicyclic) bond motifs is 1. The molecule has 1 aromatic carbocycles. The van der Waals surface area contributed by atoms with E-state index in [0.717, 1.165) is 24.9 Å². The Morgan fingerprint density at radius 1 is 1.32 bits per heavy atom. The second-order valence-corrected chi connectivity index (χ2v) is 5.52. The first kappa shape index (κ1) is 16.3. The van der Waals surface area contributed by atoms with Crippen LogP contribution in [0, 0.1) is 0 Å². The van der Waals surface area contributed by atoms with E-state index in [0.29, 0.717) is 25.3 Å². The first-order valence-corrected chi connectivity index (χ1v) is 7.97. The molecule has 0 fully saturated rings. The van der Waals surface area contributed by atoms with Crippen LogP contribution in [-0.2, 0) is 9.59 Å². The summed E-state index contributed by atoms with van der Waals surface area (Å²) in [6, 6.07) is 7.43. The fourth-order valence-corrected chi connectivity index (χ4v) is 2.49. The third kappa shape index (κ3) is 4.00. The Labute approximate surface area is 131 Å². The van der Waals surface area contributed by atoms with E-state index in [9.17, 15) is 9.59 Å². The number of benzene rings is 1. The molecule has 1 heterocycles. The lowest BCUT2D eigenvalue weighted by Gasteiger charge is -2.32. The average molecular weight is 304 g/mol. The molecule has 1 aliphatic rings. The second-order valence-electron chi connectivity index (χ2n) is 5.52. The van der Waals surface area contributed by atoms with Gasteiger partial charge in [0.2, 0.25) is 5.91 Å². The molecule has 0 saturated carbocycles. The van der Waals surface area contributed by atoms with Crippen LogP contribution in [0.1, 0.15) is 39.5 Å². The smallest absolute Gasteiger partial charge is 0.267 e. The molecule has 0 radical (unpaired) electrons. The van der Waals surface area contributed by atoms with Gasteiger partial charge < -0.3 is 15.0 Å². The van der Waals surface area contributed by atoms with Crippen LogP contribution in [0.5, 0.6) is 5.75 Å². The van der Waals surface area contributed by atoms with Gasteiger partial charge in [0.1, 0.15) is 5.75 Å². The van der Waals surface area contributed by atoms with Crippen molar-refractivity contribution in [3.63, 3.8) is 0 Å². The molecule has 2 rings (SSSR count). The molecular formula is C17H24N2O3. The maximum atomic E-state index is 12.3. The summed E-state index contributed by atoms with van der Waals surface area (Å²) < 4.78 is 5.58. The molecule has 0 aliphatic carbocycles. The summed E-state index contributed by atoms with van der Waals surface area (Å²) >= 11 is 0. The van der Waals surface area contributed by atoms with Crippen molar-refractivity contribution >= 4 is 17.5 Å². The van der Waals surface area contributed by atoms with E-state index in [2.05, 4.69) is 12.2 Å². The lowest BCUT2D eigenvalue weighted by atomic mass is 10.1. The van der Waals surface area contributed by atoms with E-state index >= 15 is 0 Å². The first-order valence-electron chi connectivity index (χ1n) is 7.97. The van der Waals surface area contributed by atoms with E-state index in [1.807, 2.05) is 24.3 Å². The predicted octanol–water partition coefficient (Wildman–Crippen LogP) is 2.50. The second kappa shape index (κ2) is 7.82. The van der Waals surface area contributed by atoms with Gasteiger partial charge in [-0.2, -0.15) is 0 Å². The van der Waals surface area contributed by atoms with Gasteiger partial charge >= 0.3 is 0 Å². The highest BCUT2D eigenvalue weighted by atomic mass is 16.5. The van der Waals surface area contributed by atoms with Gasteiger partial charge in [-0.15, -0.1) is 0 Å². The van der Waals surface area contributed by atoms with E-state index < -0.39 is 6.10 Å². The first-order chi connectivity index (χ1) is 10.6. The Morgan fingerprint density at radius 3 is 2.86 bits per heavy atom. The summed E-state index contributed by atoms with van der Waals surface area (Å²) in [6.45, 7) is 4.94. The summed E-state index contributed by atoms with van der Waals surface area (Å²) in [5, 5.41) is 2.90. The summed E-state index contributed by atoms with van der Waals surface area (Å²) in [7, 11) is 0. The number of rotatable bonds is 7. The minimum absolute atomic E-state index is 0.0134. The molecule has 2 amide bonds. The Kier molecular flexibility index (Phi) is 5.81. The number of hydrogen-bond acceptors (Lipinski definition) is 3. The zero-order valence-electron chi connectivity index (χ0n) is 13.3. The van der Waals surface area contributed by atoms with Crippen LogP contribution in [0.25, 0.3) is 0 Å². The van der Waals surface area contributed by atoms with Crippen LogP contribution in [0.2, 0.25) is 0 Å². The predicted molar refractivity (Wildman–Crippen MR) is 86.0 cm³/mol. The summed E-state index contributed by atoms with van der Waals surface area (Å²) in [5.74, 6) is 0.580. The lowest BCUT2D eigenvalue weighted by molar-refractivity contribution is -0.125. The molecule has 1 aromatic rings. The van der Waals surface area contributed by atoms with Crippen molar-refractivity contribution in [2.24, 2.45) is 0 Å². The number of amides is 2. The zero-order valence-corrected chi connectivity index (χ0v) is 13.3. The third-order valence-electron chi connectivity index (χ3n) is 3.74. The maximum absolute atomic E-state index is 12.3. The number of para-hydroxylation sites is 2. The van der Waals surface area contributed by atoms with Gasteiger partial charge in [-0.3, -0.25) is 9.59 Å². The normalized spacial score (nSPS) is 16.9. The van der Waals surface area contributed by atoms with Gasteiger partial charge in [-0.05, 0) is 25.5 Å². The van der Waals surface area contributed by atoms with Crippen LogP contribution in [-0.4, -0.2) is 31.0 Å². The van der Waals surface area contributed by atoms with E-state index in [1.165, 1.54) is 0 Å². The highest BCUT2D eigenvalue weighted by Gasteiger charge is 2.31. The van der Waals surface area contributed by atoms with Crippen LogP contribution in [0.15, 0.2) is 24.3 Å². The van der Waals surface area contributed by atoms with Crippen LogP contribution < -0.4 is 15.0 Å². The van der Waals surface area contributed by atoms with Crippen molar-refractivity contribution in [2.75, 3.05) is 18.0 Å². The molecule has 0 spiro atoms. The van der Waals surface area contributed by atoms with Crippen molar-refractivity contribution in [3.05, 3.63) is 24.3 Å². The Bertz CT molecular complexity index is 530. The van der Waals surface area contributed by atoms with Crippen LogP contribution in [0.4, 0.5) is 5.69 Å². The topological polar surface area (TPSA) is 58.6 Å². The van der Waals surface area contributed by atoms with E-state index in [-0.39, 0.29) is 11.8 Å². The molecule has 0 bridgehead atoms. The minimum atomic E-state index is -0.512. The van der Waals surface area contributed by atoms with Gasteiger partial charge in [-0.1, -0.05) is 31.9 Å². The molecule has 5 heteroatoms. The Balaban J connectivity index is 1.91. The number of ether oxygens (including phenoxy) is 1. The van der Waals surface area contributed by atoms with E-state index in [1.54, 1.807) is 11.8 Å². The standard InChI is InChI=1S/C17H24N2O3/c1-3-4-7-11-18-16(20)10-12-19-14-8-5-6-9-15(14)22-13(2)17(19)21/h5-6,8-9,13H,3-4,7,10-12H2,1-2H3,(H,18,20). The van der Waals surface area contributed by atoms with Gasteiger partial charge in [0.25, 0.3) is 5.91 Å². The van der Waals surface area contributed by atoms with Crippen molar-refractivity contribution in [1.29, 1.82) is 0 Å². The van der Waals surface area contributed by atoms with Crippen LogP contribution in [0.3, 0.4) is 0 Å². The quantitative estimate of drug-likeness (QED) is 0.787. The Morgan fingerprint density at radius 2 is 2.09 bits per heavy atom. The number of nitrogens with one attached hydrogen (secondary N) is 1. The highest BCUT2D eigenvalue weighted by molar-refractivity contribution is 6.00. The SMILES string of the molecule is CCCCCNC(=O)CCN1C(=O)C(C)Oc2ccccc21. The molecule has 1 atom stereocenters. The fourth-order valence-electron chi connectivity index (χ4n) is 2.49. The largest absolute Gasteiger partial charge is 0.479 e. The molecule has 0 saturated heterocycles. The number of nitrogens with zero attached hydrogens (tertiary/aromatic N) is 1.